The number of para-hydroxylation sites is 1. The SMILES string of the molecule is Cc1ccc(Nc2cc(C(=O)N3CCN(c4ccccc4)CC3)ncn2)cc1. The molecule has 0 atom stereocenters. The van der Waals surface area contributed by atoms with Crippen molar-refractivity contribution < 1.29 is 4.79 Å². The number of piperazine rings is 1. The van der Waals surface area contributed by atoms with E-state index >= 15 is 0 Å². The fraction of sp³-hybridized carbons (Fsp3) is 0.227. The molecule has 1 saturated heterocycles. The van der Waals surface area contributed by atoms with Gasteiger partial charge in [0.2, 0.25) is 0 Å². The minimum Gasteiger partial charge on any atom is -0.368 e. The van der Waals surface area contributed by atoms with Gasteiger partial charge in [0.05, 0.1) is 0 Å². The Morgan fingerprint density at radius 2 is 1.64 bits per heavy atom. The molecule has 0 spiro atoms. The Balaban J connectivity index is 1.40. The number of aromatic nitrogens is 2. The molecule has 6 heteroatoms. The zero-order valence-electron chi connectivity index (χ0n) is 15.9. The smallest absolute Gasteiger partial charge is 0.272 e. The van der Waals surface area contributed by atoms with Crippen LogP contribution in [0.1, 0.15) is 16.1 Å². The van der Waals surface area contributed by atoms with Crippen molar-refractivity contribution in [3.8, 4) is 0 Å². The molecule has 1 amide bonds. The summed E-state index contributed by atoms with van der Waals surface area (Å²) in [5, 5.41) is 3.23. The van der Waals surface area contributed by atoms with Crippen LogP contribution < -0.4 is 10.2 Å². The van der Waals surface area contributed by atoms with Crippen LogP contribution in [0.25, 0.3) is 0 Å². The molecule has 0 aliphatic carbocycles. The molecule has 0 unspecified atom stereocenters. The third-order valence-corrected chi connectivity index (χ3v) is 4.90. The highest BCUT2D eigenvalue weighted by molar-refractivity contribution is 5.93. The highest BCUT2D eigenvalue weighted by atomic mass is 16.2. The van der Waals surface area contributed by atoms with Crippen molar-refractivity contribution in [2.24, 2.45) is 0 Å². The van der Waals surface area contributed by atoms with Crippen molar-refractivity contribution in [2.45, 2.75) is 6.92 Å². The van der Waals surface area contributed by atoms with Gasteiger partial charge in [-0.2, -0.15) is 0 Å². The molecular weight excluding hydrogens is 350 g/mol. The second-order valence-electron chi connectivity index (χ2n) is 6.89. The molecule has 0 bridgehead atoms. The predicted molar refractivity (Wildman–Crippen MR) is 111 cm³/mol. The molecule has 4 rings (SSSR count). The predicted octanol–water partition coefficient (Wildman–Crippen LogP) is 3.49. The number of anilines is 3. The molecule has 0 saturated carbocycles. The van der Waals surface area contributed by atoms with Crippen LogP contribution in [-0.2, 0) is 0 Å². The summed E-state index contributed by atoms with van der Waals surface area (Å²) in [4.78, 5) is 25.5. The molecule has 6 nitrogen and oxygen atoms in total. The fourth-order valence-electron chi connectivity index (χ4n) is 3.30. The number of aryl methyl sites for hydroxylation is 1. The summed E-state index contributed by atoms with van der Waals surface area (Å²) in [6.07, 6.45) is 1.43. The van der Waals surface area contributed by atoms with Gasteiger partial charge in [-0.25, -0.2) is 9.97 Å². The summed E-state index contributed by atoms with van der Waals surface area (Å²) < 4.78 is 0. The van der Waals surface area contributed by atoms with Crippen molar-refractivity contribution in [3.05, 3.63) is 78.2 Å². The minimum absolute atomic E-state index is 0.0536. The van der Waals surface area contributed by atoms with E-state index in [2.05, 4.69) is 32.3 Å². The van der Waals surface area contributed by atoms with E-state index < -0.39 is 0 Å². The molecule has 2 heterocycles. The molecule has 1 aliphatic rings. The van der Waals surface area contributed by atoms with Crippen LogP contribution in [-0.4, -0.2) is 47.0 Å². The van der Waals surface area contributed by atoms with Crippen LogP contribution in [0, 0.1) is 6.92 Å². The van der Waals surface area contributed by atoms with Gasteiger partial charge in [-0.3, -0.25) is 4.79 Å². The summed E-state index contributed by atoms with van der Waals surface area (Å²) >= 11 is 0. The molecular formula is C22H23N5O. The van der Waals surface area contributed by atoms with Gasteiger partial charge in [0, 0.05) is 43.6 Å². The summed E-state index contributed by atoms with van der Waals surface area (Å²) in [5.74, 6) is 0.562. The maximum Gasteiger partial charge on any atom is 0.272 e. The Kier molecular flexibility index (Phi) is 5.19. The van der Waals surface area contributed by atoms with Crippen molar-refractivity contribution in [2.75, 3.05) is 36.4 Å². The number of hydrogen-bond donors (Lipinski definition) is 1. The van der Waals surface area contributed by atoms with E-state index in [1.807, 2.05) is 54.3 Å². The second kappa shape index (κ2) is 8.08. The van der Waals surface area contributed by atoms with E-state index in [9.17, 15) is 4.79 Å². The molecule has 142 valence electrons. The number of nitrogens with zero attached hydrogens (tertiary/aromatic N) is 4. The van der Waals surface area contributed by atoms with Crippen LogP contribution in [0.15, 0.2) is 67.0 Å². The van der Waals surface area contributed by atoms with Gasteiger partial charge in [-0.05, 0) is 31.2 Å². The summed E-state index contributed by atoms with van der Waals surface area (Å²) in [7, 11) is 0. The second-order valence-corrected chi connectivity index (χ2v) is 6.89. The van der Waals surface area contributed by atoms with Crippen molar-refractivity contribution in [3.63, 3.8) is 0 Å². The first kappa shape index (κ1) is 18.0. The molecule has 1 aliphatic heterocycles. The zero-order chi connectivity index (χ0) is 19.3. The molecule has 0 radical (unpaired) electrons. The van der Waals surface area contributed by atoms with Gasteiger partial charge in [0.25, 0.3) is 5.91 Å². The van der Waals surface area contributed by atoms with E-state index in [0.717, 1.165) is 18.8 Å². The third-order valence-electron chi connectivity index (χ3n) is 4.90. The van der Waals surface area contributed by atoms with Crippen LogP contribution in [0.2, 0.25) is 0 Å². The number of hydrogen-bond acceptors (Lipinski definition) is 5. The number of benzene rings is 2. The molecule has 1 fully saturated rings. The molecule has 3 aromatic rings. The van der Waals surface area contributed by atoms with Crippen molar-refractivity contribution >= 4 is 23.1 Å². The number of nitrogens with one attached hydrogen (secondary N) is 1. The van der Waals surface area contributed by atoms with E-state index in [1.165, 1.54) is 17.6 Å². The summed E-state index contributed by atoms with van der Waals surface area (Å²) in [6.45, 7) is 5.03. The van der Waals surface area contributed by atoms with Gasteiger partial charge in [-0.1, -0.05) is 35.9 Å². The quantitative estimate of drug-likeness (QED) is 0.759. The Morgan fingerprint density at radius 1 is 0.929 bits per heavy atom. The first-order valence-electron chi connectivity index (χ1n) is 9.44. The van der Waals surface area contributed by atoms with E-state index in [1.54, 1.807) is 6.07 Å². The highest BCUT2D eigenvalue weighted by Gasteiger charge is 2.23. The van der Waals surface area contributed by atoms with Gasteiger partial charge >= 0.3 is 0 Å². The minimum atomic E-state index is -0.0536. The molecule has 1 N–H and O–H groups in total. The Bertz CT molecular complexity index is 935. The number of amides is 1. The standard InChI is InChI=1S/C22H23N5O/c1-17-7-9-18(10-8-17)25-21-15-20(23-16-24-21)22(28)27-13-11-26(12-14-27)19-5-3-2-4-6-19/h2-10,15-16H,11-14H2,1H3,(H,23,24,25). The van der Waals surface area contributed by atoms with Crippen molar-refractivity contribution in [1.82, 2.24) is 14.9 Å². The van der Waals surface area contributed by atoms with E-state index in [4.69, 9.17) is 0 Å². The highest BCUT2D eigenvalue weighted by Crippen LogP contribution is 2.18. The summed E-state index contributed by atoms with van der Waals surface area (Å²) in [6, 6.07) is 20.0. The van der Waals surface area contributed by atoms with Crippen molar-refractivity contribution in [1.29, 1.82) is 0 Å². The summed E-state index contributed by atoms with van der Waals surface area (Å²) in [5.41, 5.74) is 3.73. The lowest BCUT2D eigenvalue weighted by Crippen LogP contribution is -2.49. The van der Waals surface area contributed by atoms with Gasteiger partial charge in [0.15, 0.2) is 0 Å². The maximum atomic E-state index is 12.9. The molecule has 1 aromatic heterocycles. The average molecular weight is 373 g/mol. The number of rotatable bonds is 4. The van der Waals surface area contributed by atoms with Crippen LogP contribution >= 0.6 is 0 Å². The lowest BCUT2D eigenvalue weighted by atomic mass is 10.2. The number of carbonyl (C=O) groups is 1. The topological polar surface area (TPSA) is 61.4 Å². The monoisotopic (exact) mass is 373 g/mol. The van der Waals surface area contributed by atoms with Gasteiger partial charge in [-0.15, -0.1) is 0 Å². The van der Waals surface area contributed by atoms with E-state index in [-0.39, 0.29) is 5.91 Å². The lowest BCUT2D eigenvalue weighted by molar-refractivity contribution is 0.0740. The van der Waals surface area contributed by atoms with Crippen LogP contribution in [0.4, 0.5) is 17.2 Å². The van der Waals surface area contributed by atoms with Gasteiger partial charge < -0.3 is 15.1 Å². The first-order chi connectivity index (χ1) is 13.7. The number of carbonyl (C=O) groups excluding carboxylic acids is 1. The normalized spacial score (nSPS) is 14.0. The Morgan fingerprint density at radius 3 is 2.36 bits per heavy atom. The Labute approximate surface area is 164 Å². The van der Waals surface area contributed by atoms with E-state index in [0.29, 0.717) is 24.6 Å². The molecule has 2 aromatic carbocycles. The van der Waals surface area contributed by atoms with Gasteiger partial charge in [0.1, 0.15) is 17.8 Å². The van der Waals surface area contributed by atoms with Crippen LogP contribution in [0.5, 0.6) is 0 Å². The lowest BCUT2D eigenvalue weighted by Gasteiger charge is -2.36. The first-order valence-corrected chi connectivity index (χ1v) is 9.44. The molecule has 28 heavy (non-hydrogen) atoms. The maximum absolute atomic E-state index is 12.9. The largest absolute Gasteiger partial charge is 0.368 e. The average Bonchev–Trinajstić information content (AvgIpc) is 2.76. The zero-order valence-corrected chi connectivity index (χ0v) is 15.9. The van der Waals surface area contributed by atoms with Crippen LogP contribution in [0.3, 0.4) is 0 Å². The third kappa shape index (κ3) is 4.11. The fourth-order valence-corrected chi connectivity index (χ4v) is 3.30. The Hall–Kier alpha value is -3.41.